The van der Waals surface area contributed by atoms with Crippen molar-refractivity contribution in [1.82, 2.24) is 19.5 Å². The van der Waals surface area contributed by atoms with Gasteiger partial charge in [0, 0.05) is 30.1 Å². The molecule has 0 aliphatic heterocycles. The summed E-state index contributed by atoms with van der Waals surface area (Å²) in [7, 11) is 0. The van der Waals surface area contributed by atoms with Crippen molar-refractivity contribution in [2.45, 2.75) is 33.6 Å². The van der Waals surface area contributed by atoms with Crippen LogP contribution in [0.4, 0.5) is 11.5 Å². The first-order chi connectivity index (χ1) is 13.5. The van der Waals surface area contributed by atoms with Gasteiger partial charge < -0.3 is 15.6 Å². The third-order valence-corrected chi connectivity index (χ3v) is 3.97. The molecule has 0 aliphatic carbocycles. The van der Waals surface area contributed by atoms with Gasteiger partial charge in [-0.25, -0.2) is 15.0 Å². The third kappa shape index (κ3) is 4.51. The van der Waals surface area contributed by atoms with Gasteiger partial charge in [0.25, 0.3) is 0 Å². The molecule has 3 rings (SSSR count). The predicted octanol–water partition coefficient (Wildman–Crippen LogP) is 3.16. The van der Waals surface area contributed by atoms with Crippen molar-refractivity contribution in [1.29, 1.82) is 5.26 Å². The van der Waals surface area contributed by atoms with Crippen LogP contribution in [-0.4, -0.2) is 25.5 Å². The number of nitrogens with zero attached hydrogens (tertiary/aromatic N) is 6. The van der Waals surface area contributed by atoms with Crippen molar-refractivity contribution < 1.29 is 0 Å². The smallest absolute Gasteiger partial charge is 0.199 e. The summed E-state index contributed by atoms with van der Waals surface area (Å²) in [5.41, 5.74) is 9.67. The van der Waals surface area contributed by atoms with E-state index in [0.29, 0.717) is 17.1 Å². The molecule has 8 heteroatoms. The highest BCUT2D eigenvalue weighted by Crippen LogP contribution is 2.20. The number of imidazole rings is 1. The second-order valence-corrected chi connectivity index (χ2v) is 6.42. The van der Waals surface area contributed by atoms with Gasteiger partial charge in [0.2, 0.25) is 0 Å². The molecule has 3 N–H and O–H groups in total. The molecule has 28 heavy (non-hydrogen) atoms. The Morgan fingerprint density at radius 3 is 2.75 bits per heavy atom. The molecule has 0 unspecified atom stereocenters. The summed E-state index contributed by atoms with van der Waals surface area (Å²) in [6.45, 7) is 5.88. The van der Waals surface area contributed by atoms with Gasteiger partial charge in [0.15, 0.2) is 11.8 Å². The van der Waals surface area contributed by atoms with Gasteiger partial charge in [-0.05, 0) is 38.5 Å². The molecule has 2 heterocycles. The lowest BCUT2D eigenvalue weighted by atomic mass is 10.1. The van der Waals surface area contributed by atoms with E-state index >= 15 is 0 Å². The quantitative estimate of drug-likeness (QED) is 0.523. The number of benzene rings is 1. The Hall–Kier alpha value is -3.73. The van der Waals surface area contributed by atoms with Crippen LogP contribution in [0, 0.1) is 25.2 Å². The summed E-state index contributed by atoms with van der Waals surface area (Å²) in [6, 6.07) is 9.38. The largest absolute Gasteiger partial charge is 0.369 e. The van der Waals surface area contributed by atoms with E-state index < -0.39 is 0 Å². The summed E-state index contributed by atoms with van der Waals surface area (Å²) in [5, 5.41) is 12.5. The second kappa shape index (κ2) is 8.31. The fourth-order valence-electron chi connectivity index (χ4n) is 2.79. The SMILES string of the molecule is CCCc1nc(C)cc(N=C(N)Nc2ccc(-n3cnc(C)c3)c(C#N)c2)n1. The van der Waals surface area contributed by atoms with Crippen LogP contribution < -0.4 is 11.1 Å². The van der Waals surface area contributed by atoms with E-state index in [1.54, 1.807) is 18.5 Å². The maximum atomic E-state index is 9.50. The molecule has 142 valence electrons. The Kier molecular flexibility index (Phi) is 5.65. The number of aryl methyl sites for hydroxylation is 3. The van der Waals surface area contributed by atoms with Crippen LogP contribution in [0.15, 0.2) is 41.8 Å². The zero-order chi connectivity index (χ0) is 20.1. The van der Waals surface area contributed by atoms with E-state index in [-0.39, 0.29) is 5.96 Å². The molecule has 0 aliphatic rings. The van der Waals surface area contributed by atoms with Gasteiger partial charge in [-0.1, -0.05) is 6.92 Å². The zero-order valence-electron chi connectivity index (χ0n) is 16.1. The molecule has 0 atom stereocenters. The van der Waals surface area contributed by atoms with Crippen molar-refractivity contribution in [2.24, 2.45) is 10.7 Å². The summed E-state index contributed by atoms with van der Waals surface area (Å²) < 4.78 is 1.81. The molecular weight excluding hydrogens is 352 g/mol. The number of nitrogens with one attached hydrogen (secondary N) is 1. The molecule has 0 amide bonds. The summed E-state index contributed by atoms with van der Waals surface area (Å²) in [6.07, 6.45) is 5.29. The van der Waals surface area contributed by atoms with Crippen LogP contribution >= 0.6 is 0 Å². The average Bonchev–Trinajstić information content (AvgIpc) is 3.07. The Labute approximate surface area is 163 Å². The lowest BCUT2D eigenvalue weighted by Gasteiger charge is -2.10. The minimum absolute atomic E-state index is 0.190. The number of hydrogen-bond donors (Lipinski definition) is 2. The number of guanidine groups is 1. The van der Waals surface area contributed by atoms with E-state index in [1.165, 1.54) is 0 Å². The van der Waals surface area contributed by atoms with Gasteiger partial charge in [0.1, 0.15) is 11.9 Å². The van der Waals surface area contributed by atoms with Gasteiger partial charge in [0.05, 0.1) is 23.3 Å². The van der Waals surface area contributed by atoms with E-state index in [9.17, 15) is 5.26 Å². The normalized spacial score (nSPS) is 11.3. The highest BCUT2D eigenvalue weighted by atomic mass is 15.1. The highest BCUT2D eigenvalue weighted by Gasteiger charge is 2.08. The standard InChI is InChI=1S/C20H22N8/c1-4-5-18-24-13(2)8-19(26-18)27-20(22)25-16-6-7-17(15(9-16)10-21)28-11-14(3)23-12-28/h6-9,11-12H,4-5H2,1-3H3,(H3,22,24,25,26,27). The third-order valence-electron chi connectivity index (χ3n) is 3.97. The molecule has 2 aromatic heterocycles. The Balaban J connectivity index is 1.83. The van der Waals surface area contributed by atoms with Crippen molar-refractivity contribution in [3.8, 4) is 11.8 Å². The maximum absolute atomic E-state index is 9.50. The Bertz CT molecular complexity index is 1060. The fourth-order valence-corrected chi connectivity index (χ4v) is 2.79. The van der Waals surface area contributed by atoms with Gasteiger partial charge in [-0.2, -0.15) is 10.3 Å². The van der Waals surface area contributed by atoms with Gasteiger partial charge in [-0.15, -0.1) is 0 Å². The number of nitrogens with two attached hydrogens (primary N) is 1. The lowest BCUT2D eigenvalue weighted by Crippen LogP contribution is -2.22. The number of aromatic nitrogens is 4. The molecule has 3 aromatic rings. The van der Waals surface area contributed by atoms with Crippen LogP contribution in [0.3, 0.4) is 0 Å². The Morgan fingerprint density at radius 1 is 1.25 bits per heavy atom. The molecule has 0 radical (unpaired) electrons. The molecule has 1 aromatic carbocycles. The van der Waals surface area contributed by atoms with Gasteiger partial charge in [-0.3, -0.25) is 0 Å². The van der Waals surface area contributed by atoms with Crippen molar-refractivity contribution >= 4 is 17.5 Å². The monoisotopic (exact) mass is 374 g/mol. The first-order valence-corrected chi connectivity index (χ1v) is 8.99. The second-order valence-electron chi connectivity index (χ2n) is 6.42. The van der Waals surface area contributed by atoms with E-state index in [4.69, 9.17) is 5.73 Å². The van der Waals surface area contributed by atoms with Crippen LogP contribution in [0.5, 0.6) is 0 Å². The molecular formula is C20H22N8. The Morgan fingerprint density at radius 2 is 2.07 bits per heavy atom. The minimum atomic E-state index is 0.190. The van der Waals surface area contributed by atoms with E-state index in [2.05, 4.69) is 38.3 Å². The van der Waals surface area contributed by atoms with Crippen molar-refractivity contribution in [3.05, 3.63) is 59.6 Å². The van der Waals surface area contributed by atoms with Crippen LogP contribution in [0.25, 0.3) is 5.69 Å². The summed E-state index contributed by atoms with van der Waals surface area (Å²) >= 11 is 0. The van der Waals surface area contributed by atoms with Crippen molar-refractivity contribution in [3.63, 3.8) is 0 Å². The van der Waals surface area contributed by atoms with Crippen LogP contribution in [0.1, 0.15) is 36.1 Å². The number of anilines is 1. The molecule has 0 saturated heterocycles. The number of rotatable bonds is 5. The highest BCUT2D eigenvalue weighted by molar-refractivity contribution is 5.94. The van der Waals surface area contributed by atoms with Crippen LogP contribution in [0.2, 0.25) is 0 Å². The number of aliphatic imine (C=N–C) groups is 1. The van der Waals surface area contributed by atoms with E-state index in [1.807, 2.05) is 36.7 Å². The number of hydrogen-bond acceptors (Lipinski definition) is 5. The molecule has 0 spiro atoms. The van der Waals surface area contributed by atoms with E-state index in [0.717, 1.165) is 35.7 Å². The fraction of sp³-hybridized carbons (Fsp3) is 0.250. The van der Waals surface area contributed by atoms with Crippen molar-refractivity contribution in [2.75, 3.05) is 5.32 Å². The first-order valence-electron chi connectivity index (χ1n) is 8.99. The first kappa shape index (κ1) is 19.0. The number of nitriles is 1. The molecule has 0 fully saturated rings. The summed E-state index contributed by atoms with van der Waals surface area (Å²) in [4.78, 5) is 17.3. The van der Waals surface area contributed by atoms with Crippen LogP contribution in [-0.2, 0) is 6.42 Å². The average molecular weight is 374 g/mol. The maximum Gasteiger partial charge on any atom is 0.199 e. The lowest BCUT2D eigenvalue weighted by molar-refractivity contribution is 0.825. The summed E-state index contributed by atoms with van der Waals surface area (Å²) in [5.74, 6) is 1.45. The predicted molar refractivity (Wildman–Crippen MR) is 109 cm³/mol. The minimum Gasteiger partial charge on any atom is -0.369 e. The zero-order valence-corrected chi connectivity index (χ0v) is 16.1. The molecule has 0 saturated carbocycles. The molecule has 0 bridgehead atoms. The van der Waals surface area contributed by atoms with Gasteiger partial charge >= 0.3 is 0 Å². The molecule has 8 nitrogen and oxygen atoms in total. The topological polar surface area (TPSA) is 118 Å².